The maximum Gasteiger partial charge on any atom is 0.0553 e. The number of methoxy groups -OCH3 is 1. The van der Waals surface area contributed by atoms with Gasteiger partial charge < -0.3 is 10.5 Å². The van der Waals surface area contributed by atoms with Gasteiger partial charge in [-0.1, -0.05) is 38.1 Å². The van der Waals surface area contributed by atoms with Gasteiger partial charge >= 0.3 is 0 Å². The summed E-state index contributed by atoms with van der Waals surface area (Å²) in [5.74, 6) is 0. The average molecular weight is 233 g/mol. The highest BCUT2D eigenvalue weighted by molar-refractivity contribution is 5.31. The second-order valence-electron chi connectivity index (χ2n) is 6.06. The molecule has 0 aromatic heterocycles. The Kier molecular flexibility index (Phi) is 3.28. The molecule has 2 N–H and O–H groups in total. The molecule has 0 saturated heterocycles. The van der Waals surface area contributed by atoms with Crippen LogP contribution in [0.15, 0.2) is 24.3 Å². The van der Waals surface area contributed by atoms with Gasteiger partial charge in [-0.15, -0.1) is 0 Å². The Labute approximate surface area is 104 Å². The van der Waals surface area contributed by atoms with Crippen molar-refractivity contribution in [3.63, 3.8) is 0 Å². The molecule has 1 aromatic carbocycles. The first kappa shape index (κ1) is 12.6. The lowest BCUT2D eigenvalue weighted by atomic mass is 9.84. The average Bonchev–Trinajstić information content (AvgIpc) is 2.96. The first-order valence-corrected chi connectivity index (χ1v) is 6.32. The van der Waals surface area contributed by atoms with Crippen LogP contribution < -0.4 is 5.73 Å². The second-order valence-corrected chi connectivity index (χ2v) is 6.06. The molecule has 0 radical (unpaired) electrons. The largest absolute Gasteiger partial charge is 0.384 e. The summed E-state index contributed by atoms with van der Waals surface area (Å²) in [5.41, 5.74) is 9.01. The monoisotopic (exact) mass is 233 g/mol. The number of hydrogen-bond donors (Lipinski definition) is 1. The Balaban J connectivity index is 2.16. The zero-order valence-electron chi connectivity index (χ0n) is 11.1. The smallest absolute Gasteiger partial charge is 0.0553 e. The number of hydrogen-bond acceptors (Lipinski definition) is 2. The molecule has 2 heteroatoms. The lowest BCUT2D eigenvalue weighted by Crippen LogP contribution is -2.26. The summed E-state index contributed by atoms with van der Waals surface area (Å²) in [6.45, 7) is 5.17. The van der Waals surface area contributed by atoms with Crippen molar-refractivity contribution in [2.24, 2.45) is 5.73 Å². The standard InChI is InChI=1S/C15H23NO/c1-14(2,11-17-3)13-6-4-5-12(9-13)10-15(16)7-8-15/h4-6,9H,7-8,10-11,16H2,1-3H3. The molecule has 17 heavy (non-hydrogen) atoms. The highest BCUT2D eigenvalue weighted by atomic mass is 16.5. The maximum atomic E-state index is 6.17. The van der Waals surface area contributed by atoms with Crippen LogP contribution in [-0.2, 0) is 16.6 Å². The molecule has 1 saturated carbocycles. The summed E-state index contributed by atoms with van der Waals surface area (Å²) < 4.78 is 5.29. The third-order valence-electron chi connectivity index (χ3n) is 3.66. The third-order valence-corrected chi connectivity index (χ3v) is 3.66. The fraction of sp³-hybridized carbons (Fsp3) is 0.600. The number of benzene rings is 1. The second kappa shape index (κ2) is 4.43. The number of rotatable bonds is 5. The van der Waals surface area contributed by atoms with Crippen LogP contribution in [-0.4, -0.2) is 19.3 Å². The van der Waals surface area contributed by atoms with Crippen LogP contribution in [0.5, 0.6) is 0 Å². The zero-order valence-corrected chi connectivity index (χ0v) is 11.1. The van der Waals surface area contributed by atoms with Crippen LogP contribution in [0, 0.1) is 0 Å². The molecule has 0 spiro atoms. The van der Waals surface area contributed by atoms with Crippen LogP contribution in [0.3, 0.4) is 0 Å². The van der Waals surface area contributed by atoms with Crippen molar-refractivity contribution in [1.29, 1.82) is 0 Å². The van der Waals surface area contributed by atoms with Gasteiger partial charge in [-0.05, 0) is 30.4 Å². The molecule has 94 valence electrons. The molecule has 1 aliphatic rings. The fourth-order valence-electron chi connectivity index (χ4n) is 2.29. The van der Waals surface area contributed by atoms with Gasteiger partial charge in [0, 0.05) is 18.1 Å². The van der Waals surface area contributed by atoms with E-state index in [1.807, 2.05) is 0 Å². The molecule has 0 amide bonds. The van der Waals surface area contributed by atoms with E-state index in [9.17, 15) is 0 Å². The number of nitrogens with two attached hydrogens (primary N) is 1. The summed E-state index contributed by atoms with van der Waals surface area (Å²) in [4.78, 5) is 0. The van der Waals surface area contributed by atoms with E-state index in [1.165, 1.54) is 24.0 Å². The minimum absolute atomic E-state index is 0.0655. The molecule has 0 atom stereocenters. The summed E-state index contributed by atoms with van der Waals surface area (Å²) in [7, 11) is 1.75. The van der Waals surface area contributed by atoms with E-state index in [-0.39, 0.29) is 11.0 Å². The lowest BCUT2D eigenvalue weighted by molar-refractivity contribution is 0.146. The molecule has 0 unspecified atom stereocenters. The first-order chi connectivity index (χ1) is 7.95. The predicted molar refractivity (Wildman–Crippen MR) is 71.2 cm³/mol. The minimum Gasteiger partial charge on any atom is -0.384 e. The van der Waals surface area contributed by atoms with Crippen LogP contribution >= 0.6 is 0 Å². The maximum absolute atomic E-state index is 6.17. The molecule has 2 rings (SSSR count). The van der Waals surface area contributed by atoms with Crippen molar-refractivity contribution in [3.8, 4) is 0 Å². The Morgan fingerprint density at radius 1 is 1.35 bits per heavy atom. The van der Waals surface area contributed by atoms with E-state index in [2.05, 4.69) is 38.1 Å². The quantitative estimate of drug-likeness (QED) is 0.848. The van der Waals surface area contributed by atoms with Gasteiger partial charge in [0.05, 0.1) is 6.61 Å². The van der Waals surface area contributed by atoms with E-state index in [1.54, 1.807) is 7.11 Å². The van der Waals surface area contributed by atoms with Gasteiger partial charge in [0.25, 0.3) is 0 Å². The van der Waals surface area contributed by atoms with E-state index >= 15 is 0 Å². The molecule has 0 bridgehead atoms. The molecule has 0 aliphatic heterocycles. The Bertz CT molecular complexity index is 394. The summed E-state index contributed by atoms with van der Waals surface area (Å²) in [6.07, 6.45) is 3.33. The molecule has 2 nitrogen and oxygen atoms in total. The van der Waals surface area contributed by atoms with Crippen LogP contribution in [0.4, 0.5) is 0 Å². The van der Waals surface area contributed by atoms with Crippen molar-refractivity contribution in [2.45, 2.75) is 44.1 Å². The highest BCUT2D eigenvalue weighted by Gasteiger charge is 2.38. The Hall–Kier alpha value is -0.860. The summed E-state index contributed by atoms with van der Waals surface area (Å²) >= 11 is 0. The van der Waals surface area contributed by atoms with Gasteiger partial charge in [-0.25, -0.2) is 0 Å². The van der Waals surface area contributed by atoms with Crippen LogP contribution in [0.2, 0.25) is 0 Å². The molecular formula is C15H23NO. The topological polar surface area (TPSA) is 35.2 Å². The van der Waals surface area contributed by atoms with Crippen molar-refractivity contribution < 1.29 is 4.74 Å². The van der Waals surface area contributed by atoms with Gasteiger partial charge in [0.15, 0.2) is 0 Å². The molecule has 0 heterocycles. The fourth-order valence-corrected chi connectivity index (χ4v) is 2.29. The third kappa shape index (κ3) is 3.08. The summed E-state index contributed by atoms with van der Waals surface area (Å²) in [5, 5.41) is 0. The van der Waals surface area contributed by atoms with Crippen molar-refractivity contribution >= 4 is 0 Å². The van der Waals surface area contributed by atoms with Crippen molar-refractivity contribution in [2.75, 3.05) is 13.7 Å². The van der Waals surface area contributed by atoms with E-state index in [0.29, 0.717) is 0 Å². The van der Waals surface area contributed by atoms with Crippen LogP contribution in [0.1, 0.15) is 37.8 Å². The van der Waals surface area contributed by atoms with E-state index in [4.69, 9.17) is 10.5 Å². The SMILES string of the molecule is COCC(C)(C)c1cccc(CC2(N)CC2)c1. The highest BCUT2D eigenvalue weighted by Crippen LogP contribution is 2.36. The first-order valence-electron chi connectivity index (χ1n) is 6.32. The Morgan fingerprint density at radius 3 is 2.65 bits per heavy atom. The zero-order chi connectivity index (χ0) is 12.5. The molecule has 1 fully saturated rings. The summed E-state index contributed by atoms with van der Waals surface area (Å²) in [6, 6.07) is 8.78. The van der Waals surface area contributed by atoms with Gasteiger partial charge in [-0.2, -0.15) is 0 Å². The predicted octanol–water partition coefficient (Wildman–Crippen LogP) is 2.64. The minimum atomic E-state index is 0.0655. The van der Waals surface area contributed by atoms with Crippen molar-refractivity contribution in [3.05, 3.63) is 35.4 Å². The van der Waals surface area contributed by atoms with E-state index in [0.717, 1.165) is 13.0 Å². The van der Waals surface area contributed by atoms with Crippen molar-refractivity contribution in [1.82, 2.24) is 0 Å². The number of ether oxygens (including phenoxy) is 1. The molecular weight excluding hydrogens is 210 g/mol. The van der Waals surface area contributed by atoms with Gasteiger partial charge in [0.1, 0.15) is 0 Å². The Morgan fingerprint density at radius 2 is 2.06 bits per heavy atom. The van der Waals surface area contributed by atoms with E-state index < -0.39 is 0 Å². The lowest BCUT2D eigenvalue weighted by Gasteiger charge is -2.25. The molecule has 1 aliphatic carbocycles. The van der Waals surface area contributed by atoms with Gasteiger partial charge in [-0.3, -0.25) is 0 Å². The molecule has 1 aromatic rings. The normalized spacial score (nSPS) is 18.1. The van der Waals surface area contributed by atoms with Gasteiger partial charge in [0.2, 0.25) is 0 Å². The van der Waals surface area contributed by atoms with Crippen LogP contribution in [0.25, 0.3) is 0 Å².